The maximum absolute atomic E-state index is 11.3. The van der Waals surface area contributed by atoms with Crippen LogP contribution in [0.25, 0.3) is 0 Å². The van der Waals surface area contributed by atoms with Crippen LogP contribution in [0.5, 0.6) is 5.75 Å². The highest BCUT2D eigenvalue weighted by atomic mass is 32.2. The van der Waals surface area contributed by atoms with Crippen molar-refractivity contribution in [1.82, 2.24) is 5.32 Å². The van der Waals surface area contributed by atoms with Crippen molar-refractivity contribution in [1.29, 1.82) is 0 Å². The second-order valence-electron chi connectivity index (χ2n) is 4.68. The molecular formula is C14H20N2O2S. The topological polar surface area (TPSA) is 50.4 Å². The van der Waals surface area contributed by atoms with E-state index in [1.54, 1.807) is 0 Å². The fraction of sp³-hybridized carbons (Fsp3) is 0.500. The van der Waals surface area contributed by atoms with E-state index in [4.69, 9.17) is 4.74 Å². The summed E-state index contributed by atoms with van der Waals surface area (Å²) in [5.41, 5.74) is 1.93. The van der Waals surface area contributed by atoms with Crippen molar-refractivity contribution < 1.29 is 9.53 Å². The summed E-state index contributed by atoms with van der Waals surface area (Å²) in [6.45, 7) is 4.15. The van der Waals surface area contributed by atoms with Crippen molar-refractivity contribution in [2.24, 2.45) is 0 Å². The lowest BCUT2D eigenvalue weighted by Gasteiger charge is -2.18. The summed E-state index contributed by atoms with van der Waals surface area (Å²) >= 11 is 1.89. The predicted molar refractivity (Wildman–Crippen MR) is 79.9 cm³/mol. The monoisotopic (exact) mass is 280 g/mol. The summed E-state index contributed by atoms with van der Waals surface area (Å²) in [4.78, 5) is 11.3. The molecule has 0 fully saturated rings. The second kappa shape index (κ2) is 6.82. The van der Waals surface area contributed by atoms with Gasteiger partial charge in [-0.25, -0.2) is 0 Å². The molecule has 0 radical (unpaired) electrons. The van der Waals surface area contributed by atoms with Crippen molar-refractivity contribution in [3.05, 3.63) is 23.8 Å². The number of hydrogen-bond donors (Lipinski definition) is 2. The number of ether oxygens (including phenoxy) is 1. The van der Waals surface area contributed by atoms with E-state index >= 15 is 0 Å². The summed E-state index contributed by atoms with van der Waals surface area (Å²) in [7, 11) is 0. The number of hydrogen-bond acceptors (Lipinski definition) is 4. The van der Waals surface area contributed by atoms with Gasteiger partial charge in [-0.1, -0.05) is 13.0 Å². The number of carbonyl (C=O) groups excluding carboxylic acids is 1. The molecule has 0 bridgehead atoms. The molecule has 104 valence electrons. The fourth-order valence-corrected chi connectivity index (χ4v) is 2.25. The van der Waals surface area contributed by atoms with E-state index in [0.29, 0.717) is 5.25 Å². The third-order valence-corrected chi connectivity index (χ3v) is 4.18. The van der Waals surface area contributed by atoms with Gasteiger partial charge in [-0.3, -0.25) is 4.79 Å². The number of thioether (sulfide) groups is 1. The lowest BCUT2D eigenvalue weighted by Crippen LogP contribution is -2.25. The highest BCUT2D eigenvalue weighted by molar-refractivity contribution is 7.99. The van der Waals surface area contributed by atoms with Gasteiger partial charge in [0.25, 0.3) is 5.91 Å². The molecule has 2 N–H and O–H groups in total. The summed E-state index contributed by atoms with van der Waals surface area (Å²) in [6.07, 6.45) is 3.29. The van der Waals surface area contributed by atoms with Crippen molar-refractivity contribution in [2.75, 3.05) is 24.7 Å². The number of anilines is 1. The molecule has 1 aromatic carbocycles. The molecule has 1 heterocycles. The van der Waals surface area contributed by atoms with Crippen LogP contribution in [0.3, 0.4) is 0 Å². The van der Waals surface area contributed by atoms with Gasteiger partial charge >= 0.3 is 0 Å². The molecule has 1 aliphatic rings. The van der Waals surface area contributed by atoms with Crippen molar-refractivity contribution in [3.8, 4) is 5.75 Å². The van der Waals surface area contributed by atoms with Gasteiger partial charge in [0.05, 0.1) is 5.69 Å². The molecule has 2 rings (SSSR count). The van der Waals surface area contributed by atoms with E-state index in [9.17, 15) is 4.79 Å². The van der Waals surface area contributed by atoms with E-state index in [2.05, 4.69) is 23.8 Å². The minimum absolute atomic E-state index is 0.0913. The summed E-state index contributed by atoms with van der Waals surface area (Å²) in [5.74, 6) is 0.658. The van der Waals surface area contributed by atoms with Gasteiger partial charge in [-0.15, -0.1) is 0 Å². The average Bonchev–Trinajstić information content (AvgIpc) is 2.42. The zero-order valence-electron chi connectivity index (χ0n) is 11.4. The van der Waals surface area contributed by atoms with Crippen LogP contribution >= 0.6 is 11.8 Å². The highest BCUT2D eigenvalue weighted by Crippen LogP contribution is 2.28. The Kier molecular flexibility index (Phi) is 5.10. The van der Waals surface area contributed by atoms with E-state index in [1.807, 2.05) is 30.0 Å². The molecule has 1 amide bonds. The first kappa shape index (κ1) is 14.2. The van der Waals surface area contributed by atoms with E-state index in [0.717, 1.165) is 36.5 Å². The summed E-state index contributed by atoms with van der Waals surface area (Å²) in [6, 6.07) is 5.91. The molecule has 0 saturated heterocycles. The minimum Gasteiger partial charge on any atom is -0.482 e. The Balaban J connectivity index is 1.84. The van der Waals surface area contributed by atoms with Gasteiger partial charge in [0, 0.05) is 11.8 Å². The number of fused-ring (bicyclic) bond motifs is 1. The van der Waals surface area contributed by atoms with Gasteiger partial charge in [-0.05, 0) is 36.9 Å². The third-order valence-electron chi connectivity index (χ3n) is 3.14. The molecular weight excluding hydrogens is 260 g/mol. The normalized spacial score (nSPS) is 15.4. The number of benzene rings is 1. The number of carbonyl (C=O) groups is 1. The molecule has 1 atom stereocenters. The third kappa shape index (κ3) is 4.14. The predicted octanol–water partition coefficient (Wildman–Crippen LogP) is 2.25. The van der Waals surface area contributed by atoms with Crippen LogP contribution in [0.15, 0.2) is 18.2 Å². The quantitative estimate of drug-likeness (QED) is 0.785. The summed E-state index contributed by atoms with van der Waals surface area (Å²) < 4.78 is 5.33. The van der Waals surface area contributed by atoms with Crippen LogP contribution in [0, 0.1) is 0 Å². The van der Waals surface area contributed by atoms with Crippen LogP contribution in [0.4, 0.5) is 5.69 Å². The Morgan fingerprint density at radius 3 is 3.16 bits per heavy atom. The average molecular weight is 280 g/mol. The van der Waals surface area contributed by atoms with E-state index < -0.39 is 0 Å². The highest BCUT2D eigenvalue weighted by Gasteiger charge is 2.15. The maximum Gasteiger partial charge on any atom is 0.262 e. The Hall–Kier alpha value is -1.20. The SMILES string of the molecule is CSC(C)CCNCc1ccc2c(c1)NC(=O)CO2. The van der Waals surface area contributed by atoms with Crippen LogP contribution in [0.1, 0.15) is 18.9 Å². The largest absolute Gasteiger partial charge is 0.482 e. The number of rotatable bonds is 6. The number of nitrogens with one attached hydrogen (secondary N) is 2. The van der Waals surface area contributed by atoms with E-state index in [1.165, 1.54) is 0 Å². The molecule has 5 heteroatoms. The molecule has 4 nitrogen and oxygen atoms in total. The Morgan fingerprint density at radius 2 is 2.37 bits per heavy atom. The Morgan fingerprint density at radius 1 is 1.53 bits per heavy atom. The zero-order chi connectivity index (χ0) is 13.7. The molecule has 0 saturated carbocycles. The smallest absolute Gasteiger partial charge is 0.262 e. The maximum atomic E-state index is 11.3. The van der Waals surface area contributed by atoms with Gasteiger partial charge in [0.1, 0.15) is 5.75 Å². The zero-order valence-corrected chi connectivity index (χ0v) is 12.2. The molecule has 0 spiro atoms. The van der Waals surface area contributed by atoms with Crippen LogP contribution in [-0.2, 0) is 11.3 Å². The van der Waals surface area contributed by atoms with Crippen molar-refractivity contribution >= 4 is 23.4 Å². The van der Waals surface area contributed by atoms with Gasteiger partial charge < -0.3 is 15.4 Å². The van der Waals surface area contributed by atoms with Crippen LogP contribution < -0.4 is 15.4 Å². The second-order valence-corrected chi connectivity index (χ2v) is 5.96. The standard InChI is InChI=1S/C14H20N2O2S/c1-10(19-2)5-6-15-8-11-3-4-13-12(7-11)16-14(17)9-18-13/h3-4,7,10,15H,5-6,8-9H2,1-2H3,(H,16,17). The van der Waals surface area contributed by atoms with Crippen molar-refractivity contribution in [2.45, 2.75) is 25.1 Å². The van der Waals surface area contributed by atoms with Gasteiger partial charge in [-0.2, -0.15) is 11.8 Å². The first-order chi connectivity index (χ1) is 9.19. The molecule has 0 aromatic heterocycles. The van der Waals surface area contributed by atoms with Crippen LogP contribution in [0.2, 0.25) is 0 Å². The fourth-order valence-electron chi connectivity index (χ4n) is 1.90. The molecule has 19 heavy (non-hydrogen) atoms. The molecule has 1 aliphatic heterocycles. The van der Waals surface area contributed by atoms with Crippen molar-refractivity contribution in [3.63, 3.8) is 0 Å². The first-order valence-electron chi connectivity index (χ1n) is 6.48. The van der Waals surface area contributed by atoms with Gasteiger partial charge in [0.15, 0.2) is 6.61 Å². The Bertz CT molecular complexity index is 451. The molecule has 1 unspecified atom stereocenters. The lowest BCUT2D eigenvalue weighted by molar-refractivity contribution is -0.118. The first-order valence-corrected chi connectivity index (χ1v) is 7.77. The Labute approximate surface area is 118 Å². The molecule has 0 aliphatic carbocycles. The summed E-state index contributed by atoms with van der Waals surface area (Å²) in [5, 5.41) is 6.93. The number of amides is 1. The van der Waals surface area contributed by atoms with Crippen LogP contribution in [-0.4, -0.2) is 30.6 Å². The lowest BCUT2D eigenvalue weighted by atomic mass is 10.1. The van der Waals surface area contributed by atoms with E-state index in [-0.39, 0.29) is 12.5 Å². The van der Waals surface area contributed by atoms with Gasteiger partial charge in [0.2, 0.25) is 0 Å². The molecule has 1 aromatic rings. The minimum atomic E-state index is -0.0913.